The first kappa shape index (κ1) is 29.1. The summed E-state index contributed by atoms with van der Waals surface area (Å²) in [6, 6.07) is 19.1. The average Bonchev–Trinajstić information content (AvgIpc) is 2.83. The standard InChI is InChI=1S/C23H22F6NO4PS2/c1-2-18-35(19-12-6-3-7-13-19,20-14-8-4-9-15-20,21-16-10-5-11-17-21)30(36(31,32)22(24,25)26)37(33,34)23(27,28)29/h3-17H,2,18H2,1H3. The van der Waals surface area contributed by atoms with E-state index in [1.807, 2.05) is 0 Å². The Kier molecular flexibility index (Phi) is 7.61. The predicted octanol–water partition coefficient (Wildman–Crippen LogP) is 4.84. The number of nitrogens with zero attached hydrogens (tertiary/aromatic N) is 1. The normalized spacial score (nSPS) is 14.8. The van der Waals surface area contributed by atoms with Gasteiger partial charge < -0.3 is 0 Å². The fourth-order valence-electron chi connectivity index (χ4n) is 4.66. The van der Waals surface area contributed by atoms with Crippen LogP contribution >= 0.6 is 6.75 Å². The van der Waals surface area contributed by atoms with Gasteiger partial charge in [-0.05, 0) is 0 Å². The van der Waals surface area contributed by atoms with Gasteiger partial charge in [-0.15, -0.1) is 0 Å². The van der Waals surface area contributed by atoms with Crippen molar-refractivity contribution >= 4 is 42.7 Å². The number of benzene rings is 3. The maximum absolute atomic E-state index is 14.2. The van der Waals surface area contributed by atoms with Crippen molar-refractivity contribution in [3.8, 4) is 0 Å². The van der Waals surface area contributed by atoms with Crippen molar-refractivity contribution in [2.75, 3.05) is 6.16 Å². The molecule has 0 bridgehead atoms. The zero-order chi connectivity index (χ0) is 27.8. The summed E-state index contributed by atoms with van der Waals surface area (Å²) >= 11 is 0. The van der Waals surface area contributed by atoms with E-state index in [1.165, 1.54) is 61.5 Å². The molecule has 0 N–H and O–H groups in total. The third-order valence-electron chi connectivity index (χ3n) is 5.95. The Morgan fingerprint density at radius 3 is 1.08 bits per heavy atom. The molecule has 0 unspecified atom stereocenters. The molecule has 0 aliphatic heterocycles. The first-order valence-electron chi connectivity index (χ1n) is 10.7. The van der Waals surface area contributed by atoms with Gasteiger partial charge in [0, 0.05) is 0 Å². The molecule has 0 aliphatic rings. The molecule has 3 rings (SSSR count). The van der Waals surface area contributed by atoms with Gasteiger partial charge in [-0.2, -0.15) is 0 Å². The van der Waals surface area contributed by atoms with E-state index in [9.17, 15) is 43.2 Å². The van der Waals surface area contributed by atoms with Gasteiger partial charge in [0.2, 0.25) is 0 Å². The van der Waals surface area contributed by atoms with Crippen molar-refractivity contribution in [2.24, 2.45) is 0 Å². The molecule has 0 radical (unpaired) electrons. The summed E-state index contributed by atoms with van der Waals surface area (Å²) in [7, 11) is -14.4. The third kappa shape index (κ3) is 4.25. The molecule has 0 atom stereocenters. The van der Waals surface area contributed by atoms with Crippen molar-refractivity contribution in [3.05, 3.63) is 91.0 Å². The quantitative estimate of drug-likeness (QED) is 0.280. The first-order chi connectivity index (χ1) is 17.1. The molecule has 3 aromatic rings. The van der Waals surface area contributed by atoms with Crippen molar-refractivity contribution in [2.45, 2.75) is 24.4 Å². The number of halogens is 6. The van der Waals surface area contributed by atoms with Gasteiger partial charge in [-0.1, -0.05) is 0 Å². The molecule has 3 aromatic carbocycles. The molecule has 0 saturated carbocycles. The van der Waals surface area contributed by atoms with Crippen molar-refractivity contribution in [3.63, 3.8) is 0 Å². The average molecular weight is 586 g/mol. The zero-order valence-electron chi connectivity index (χ0n) is 19.2. The second kappa shape index (κ2) is 9.68. The molecule has 202 valence electrons. The summed E-state index contributed by atoms with van der Waals surface area (Å²) in [5.41, 5.74) is -12.8. The fraction of sp³-hybridized carbons (Fsp3) is 0.217. The van der Waals surface area contributed by atoms with E-state index in [4.69, 9.17) is 0 Å². The number of hydrogen-bond donors (Lipinski definition) is 0. The molecule has 0 heterocycles. The van der Waals surface area contributed by atoms with Crippen LogP contribution in [-0.2, 0) is 20.0 Å². The Hall–Kier alpha value is -2.47. The molecule has 5 nitrogen and oxygen atoms in total. The van der Waals surface area contributed by atoms with Gasteiger partial charge in [0.05, 0.1) is 0 Å². The molecule has 37 heavy (non-hydrogen) atoms. The van der Waals surface area contributed by atoms with Crippen LogP contribution < -0.4 is 15.9 Å². The Labute approximate surface area is 210 Å². The number of hydrogen-bond acceptors (Lipinski definition) is 4. The van der Waals surface area contributed by atoms with E-state index < -0.39 is 47.5 Å². The maximum atomic E-state index is 14.2. The number of alkyl halides is 6. The summed E-state index contributed by atoms with van der Waals surface area (Å²) in [6.07, 6.45) is -0.845. The van der Waals surface area contributed by atoms with E-state index in [0.29, 0.717) is 0 Å². The van der Waals surface area contributed by atoms with Crippen LogP contribution in [0.2, 0.25) is 0 Å². The SMILES string of the molecule is CCCP(c1ccccc1)(c1ccccc1)(c1ccccc1)N(S(=O)(=O)C(F)(F)F)S(=O)(=O)C(F)(F)F. The van der Waals surface area contributed by atoms with E-state index in [0.717, 1.165) is 36.4 Å². The molecule has 0 saturated heterocycles. The molecule has 0 amide bonds. The minimum atomic E-state index is -7.18. The Bertz CT molecular complexity index is 1300. The summed E-state index contributed by atoms with van der Waals surface area (Å²) in [5, 5.41) is -0.893. The Morgan fingerprint density at radius 1 is 0.595 bits per heavy atom. The monoisotopic (exact) mass is 585 g/mol. The van der Waals surface area contributed by atoms with E-state index in [-0.39, 0.29) is 22.3 Å². The summed E-state index contributed by atoms with van der Waals surface area (Å²) < 4.78 is 137. The molecular formula is C23H22F6NO4PS2. The van der Waals surface area contributed by atoms with Gasteiger partial charge in [0.1, 0.15) is 0 Å². The summed E-state index contributed by atoms with van der Waals surface area (Å²) in [4.78, 5) is 0. The second-order valence-electron chi connectivity index (χ2n) is 8.06. The second-order valence-corrected chi connectivity index (χ2v) is 17.3. The summed E-state index contributed by atoms with van der Waals surface area (Å²) in [5.74, 6) is 0. The van der Waals surface area contributed by atoms with Crippen LogP contribution in [0.3, 0.4) is 0 Å². The van der Waals surface area contributed by atoms with Crippen LogP contribution in [-0.4, -0.2) is 37.5 Å². The van der Waals surface area contributed by atoms with Crippen LogP contribution in [0.1, 0.15) is 13.3 Å². The molecule has 0 spiro atoms. The predicted molar refractivity (Wildman–Crippen MR) is 132 cm³/mol. The van der Waals surface area contributed by atoms with Crippen LogP contribution in [0, 0.1) is 0 Å². The van der Waals surface area contributed by atoms with Gasteiger partial charge in [0.15, 0.2) is 0 Å². The topological polar surface area (TPSA) is 71.5 Å². The number of rotatable bonds is 8. The van der Waals surface area contributed by atoms with Crippen molar-refractivity contribution in [1.29, 1.82) is 0 Å². The van der Waals surface area contributed by atoms with Gasteiger partial charge in [-0.25, -0.2) is 0 Å². The van der Waals surface area contributed by atoms with Crippen molar-refractivity contribution < 1.29 is 43.2 Å². The molecule has 0 fully saturated rings. The summed E-state index contributed by atoms with van der Waals surface area (Å²) in [6.45, 7) is -4.49. The third-order valence-corrected chi connectivity index (χ3v) is 18.8. The van der Waals surface area contributed by atoms with Gasteiger partial charge >= 0.3 is 211 Å². The van der Waals surface area contributed by atoms with Crippen LogP contribution in [0.5, 0.6) is 0 Å². The Balaban J connectivity index is 2.89. The molecule has 0 aliphatic carbocycles. The molecular weight excluding hydrogens is 563 g/mol. The van der Waals surface area contributed by atoms with E-state index >= 15 is 0 Å². The van der Waals surface area contributed by atoms with Crippen molar-refractivity contribution in [1.82, 2.24) is 3.48 Å². The van der Waals surface area contributed by atoms with Crippen LogP contribution in [0.25, 0.3) is 0 Å². The minimum absolute atomic E-state index is 0.173. The van der Waals surface area contributed by atoms with E-state index in [2.05, 4.69) is 0 Å². The van der Waals surface area contributed by atoms with Crippen LogP contribution in [0.4, 0.5) is 26.3 Å². The van der Waals surface area contributed by atoms with Gasteiger partial charge in [0.25, 0.3) is 0 Å². The van der Waals surface area contributed by atoms with E-state index in [1.54, 1.807) is 0 Å². The molecule has 0 aromatic heterocycles. The van der Waals surface area contributed by atoms with Crippen LogP contribution in [0.15, 0.2) is 91.0 Å². The molecule has 14 heteroatoms. The zero-order valence-corrected chi connectivity index (χ0v) is 21.7. The Morgan fingerprint density at radius 2 is 0.865 bits per heavy atom. The number of sulfonamides is 2. The van der Waals surface area contributed by atoms with Gasteiger partial charge in [-0.3, -0.25) is 0 Å². The fourth-order valence-corrected chi connectivity index (χ4v) is 18.8. The first-order valence-corrected chi connectivity index (χ1v) is 16.0.